The Morgan fingerprint density at radius 3 is 2.19 bits per heavy atom. The number of likely N-dealkylation sites (N-methyl/N-ethyl adjacent to an activating group) is 1. The van der Waals surface area contributed by atoms with Gasteiger partial charge in [0.2, 0.25) is 0 Å². The highest BCUT2D eigenvalue weighted by atomic mass is 15.1. The van der Waals surface area contributed by atoms with E-state index < -0.39 is 0 Å². The monoisotopic (exact) mass is 278 g/mol. The molecule has 0 atom stereocenters. The molecule has 108 valence electrons. The number of fused-ring (bicyclic) bond motifs is 2. The van der Waals surface area contributed by atoms with Crippen molar-refractivity contribution in [3.8, 4) is 0 Å². The van der Waals surface area contributed by atoms with Crippen LogP contribution in [0.25, 0.3) is 21.5 Å². The molecule has 0 aliphatic rings. The van der Waals surface area contributed by atoms with Crippen LogP contribution in [0.2, 0.25) is 0 Å². The molecule has 0 aliphatic heterocycles. The number of benzene rings is 3. The maximum atomic E-state index is 6.17. The summed E-state index contributed by atoms with van der Waals surface area (Å²) in [6.45, 7) is 4.94. The Hall–Kier alpha value is -2.06. The van der Waals surface area contributed by atoms with Crippen LogP contribution in [0.5, 0.6) is 0 Å². The number of hydrogen-bond acceptors (Lipinski definition) is 2. The third kappa shape index (κ3) is 2.86. The van der Waals surface area contributed by atoms with Crippen LogP contribution >= 0.6 is 0 Å². The minimum Gasteiger partial charge on any atom is -0.372 e. The van der Waals surface area contributed by atoms with Gasteiger partial charge in [0.25, 0.3) is 0 Å². The molecule has 21 heavy (non-hydrogen) atoms. The van der Waals surface area contributed by atoms with E-state index >= 15 is 0 Å². The van der Waals surface area contributed by atoms with Crippen molar-refractivity contribution in [2.75, 3.05) is 18.5 Å². The van der Waals surface area contributed by atoms with Gasteiger partial charge in [-0.3, -0.25) is 0 Å². The molecule has 0 amide bonds. The van der Waals surface area contributed by atoms with Crippen molar-refractivity contribution in [2.24, 2.45) is 5.73 Å². The molecule has 0 radical (unpaired) electrons. The zero-order valence-corrected chi connectivity index (χ0v) is 12.9. The molecule has 0 aromatic heterocycles. The summed E-state index contributed by atoms with van der Waals surface area (Å²) in [7, 11) is 2.11. The van der Waals surface area contributed by atoms with Gasteiger partial charge in [-0.05, 0) is 48.2 Å². The van der Waals surface area contributed by atoms with Gasteiger partial charge >= 0.3 is 0 Å². The summed E-state index contributed by atoms with van der Waals surface area (Å²) in [6.07, 6.45) is 0. The predicted octanol–water partition coefficient (Wildman–Crippen LogP) is 4.17. The molecule has 3 rings (SSSR count). The Bertz CT molecular complexity index is 784. The Labute approximate surface area is 126 Å². The summed E-state index contributed by atoms with van der Waals surface area (Å²) in [5, 5.41) is 5.11. The summed E-state index contributed by atoms with van der Waals surface area (Å²) < 4.78 is 0. The zero-order chi connectivity index (χ0) is 15.0. The average Bonchev–Trinajstić information content (AvgIpc) is 2.42. The first-order valence-corrected chi connectivity index (χ1v) is 7.36. The molecule has 0 fully saturated rings. The van der Waals surface area contributed by atoms with Crippen molar-refractivity contribution in [3.63, 3.8) is 0 Å². The van der Waals surface area contributed by atoms with Gasteiger partial charge in [0.15, 0.2) is 0 Å². The molecule has 2 N–H and O–H groups in total. The quantitative estimate of drug-likeness (QED) is 0.729. The molecule has 3 aromatic carbocycles. The van der Waals surface area contributed by atoms with E-state index in [2.05, 4.69) is 80.4 Å². The Morgan fingerprint density at radius 2 is 1.52 bits per heavy atom. The normalized spacial score (nSPS) is 12.0. The molecule has 0 saturated carbocycles. The third-order valence-electron chi connectivity index (χ3n) is 3.78. The first-order valence-electron chi connectivity index (χ1n) is 7.36. The molecule has 0 unspecified atom stereocenters. The summed E-state index contributed by atoms with van der Waals surface area (Å²) in [4.78, 5) is 2.25. The van der Waals surface area contributed by atoms with Gasteiger partial charge in [-0.25, -0.2) is 0 Å². The molecular formula is C19H22N2. The molecule has 3 aromatic rings. The van der Waals surface area contributed by atoms with Crippen molar-refractivity contribution in [3.05, 3.63) is 54.6 Å². The van der Waals surface area contributed by atoms with E-state index in [-0.39, 0.29) is 5.54 Å². The van der Waals surface area contributed by atoms with Gasteiger partial charge < -0.3 is 10.6 Å². The third-order valence-corrected chi connectivity index (χ3v) is 3.78. The Balaban J connectivity index is 2.16. The fourth-order valence-electron chi connectivity index (χ4n) is 2.98. The summed E-state index contributed by atoms with van der Waals surface area (Å²) in [6, 6.07) is 19.5. The fraction of sp³-hybridized carbons (Fsp3) is 0.263. The van der Waals surface area contributed by atoms with Crippen LogP contribution < -0.4 is 10.6 Å². The van der Waals surface area contributed by atoms with E-state index in [0.29, 0.717) is 0 Å². The van der Waals surface area contributed by atoms with Gasteiger partial charge in [0.05, 0.1) is 0 Å². The fourth-order valence-corrected chi connectivity index (χ4v) is 2.98. The van der Waals surface area contributed by atoms with E-state index in [9.17, 15) is 0 Å². The van der Waals surface area contributed by atoms with Crippen LogP contribution in [0.4, 0.5) is 5.69 Å². The maximum absolute atomic E-state index is 6.17. The molecule has 0 bridgehead atoms. The maximum Gasteiger partial charge on any atom is 0.0444 e. The average molecular weight is 278 g/mol. The molecule has 0 heterocycles. The van der Waals surface area contributed by atoms with Crippen molar-refractivity contribution < 1.29 is 0 Å². The number of rotatable bonds is 3. The lowest BCUT2D eigenvalue weighted by Crippen LogP contribution is -2.44. The zero-order valence-electron chi connectivity index (χ0n) is 12.9. The highest BCUT2D eigenvalue weighted by molar-refractivity contribution is 6.03. The van der Waals surface area contributed by atoms with E-state index in [1.54, 1.807) is 0 Å². The summed E-state index contributed by atoms with van der Waals surface area (Å²) >= 11 is 0. The topological polar surface area (TPSA) is 29.3 Å². The number of anilines is 1. The van der Waals surface area contributed by atoms with Crippen molar-refractivity contribution in [1.82, 2.24) is 0 Å². The van der Waals surface area contributed by atoms with Crippen LogP contribution in [-0.4, -0.2) is 19.1 Å². The first kappa shape index (κ1) is 13.9. The predicted molar refractivity (Wildman–Crippen MR) is 93.0 cm³/mol. The minimum absolute atomic E-state index is 0.215. The SMILES string of the molecule is CN(CC(C)(C)N)c1cccc2cc3ccccc3cc12. The van der Waals surface area contributed by atoms with Crippen LogP contribution in [0.15, 0.2) is 54.6 Å². The minimum atomic E-state index is -0.215. The summed E-state index contributed by atoms with van der Waals surface area (Å²) in [5.41, 5.74) is 7.19. The second kappa shape index (κ2) is 5.05. The Morgan fingerprint density at radius 1 is 0.905 bits per heavy atom. The molecule has 0 saturated heterocycles. The Kier molecular flexibility index (Phi) is 3.34. The van der Waals surface area contributed by atoms with E-state index in [1.165, 1.54) is 27.2 Å². The second-order valence-corrected chi connectivity index (χ2v) is 6.54. The van der Waals surface area contributed by atoms with Crippen LogP contribution in [-0.2, 0) is 0 Å². The van der Waals surface area contributed by atoms with Crippen molar-refractivity contribution in [1.29, 1.82) is 0 Å². The number of nitrogens with zero attached hydrogens (tertiary/aromatic N) is 1. The lowest BCUT2D eigenvalue weighted by atomic mass is 10.0. The molecule has 2 heteroatoms. The first-order chi connectivity index (χ1) is 9.94. The highest BCUT2D eigenvalue weighted by Crippen LogP contribution is 2.30. The van der Waals surface area contributed by atoms with Gasteiger partial charge in [0.1, 0.15) is 0 Å². The van der Waals surface area contributed by atoms with Crippen molar-refractivity contribution >= 4 is 27.2 Å². The van der Waals surface area contributed by atoms with E-state index in [1.807, 2.05) is 0 Å². The highest BCUT2D eigenvalue weighted by Gasteiger charge is 2.15. The lowest BCUT2D eigenvalue weighted by molar-refractivity contribution is 0.519. The molecule has 0 spiro atoms. The van der Waals surface area contributed by atoms with Gasteiger partial charge in [-0.15, -0.1) is 0 Å². The lowest BCUT2D eigenvalue weighted by Gasteiger charge is -2.29. The second-order valence-electron chi connectivity index (χ2n) is 6.54. The van der Waals surface area contributed by atoms with E-state index in [0.717, 1.165) is 6.54 Å². The number of hydrogen-bond donors (Lipinski definition) is 1. The van der Waals surface area contributed by atoms with Gasteiger partial charge in [-0.1, -0.05) is 36.4 Å². The molecular weight excluding hydrogens is 256 g/mol. The smallest absolute Gasteiger partial charge is 0.0444 e. The van der Waals surface area contributed by atoms with Gasteiger partial charge in [0, 0.05) is 30.2 Å². The standard InChI is InChI=1S/C19H22N2/c1-19(2,20)13-21(3)18-10-6-9-16-11-14-7-4-5-8-15(14)12-17(16)18/h4-12H,13,20H2,1-3H3. The van der Waals surface area contributed by atoms with Crippen LogP contribution in [0.1, 0.15) is 13.8 Å². The van der Waals surface area contributed by atoms with Gasteiger partial charge in [-0.2, -0.15) is 0 Å². The van der Waals surface area contributed by atoms with Crippen molar-refractivity contribution in [2.45, 2.75) is 19.4 Å². The van der Waals surface area contributed by atoms with Crippen LogP contribution in [0.3, 0.4) is 0 Å². The molecule has 2 nitrogen and oxygen atoms in total. The molecule has 0 aliphatic carbocycles. The van der Waals surface area contributed by atoms with E-state index in [4.69, 9.17) is 5.73 Å². The van der Waals surface area contributed by atoms with Crippen LogP contribution in [0, 0.1) is 0 Å². The summed E-state index contributed by atoms with van der Waals surface area (Å²) in [5.74, 6) is 0. The largest absolute Gasteiger partial charge is 0.372 e. The number of nitrogens with two attached hydrogens (primary N) is 1.